The largest absolute Gasteiger partial charge is 0.497 e. The molecule has 7 nitrogen and oxygen atoms in total. The van der Waals surface area contributed by atoms with Gasteiger partial charge in [0.2, 0.25) is 9.84 Å². The Labute approximate surface area is 161 Å². The maximum absolute atomic E-state index is 12.9. The third-order valence-corrected chi connectivity index (χ3v) is 5.76. The Kier molecular flexibility index (Phi) is 5.20. The number of hydrogen-bond donors (Lipinski definition) is 1. The predicted octanol–water partition coefficient (Wildman–Crippen LogP) is 3.17. The molecule has 0 aliphatic heterocycles. The minimum absolute atomic E-state index is 0.0134. The number of sulfone groups is 1. The summed E-state index contributed by atoms with van der Waals surface area (Å²) < 4.78 is 32.5. The van der Waals surface area contributed by atoms with Gasteiger partial charge in [-0.25, -0.2) is 8.42 Å². The van der Waals surface area contributed by atoms with Crippen molar-refractivity contribution >= 4 is 33.0 Å². The number of nitrogens with zero attached hydrogens (tertiary/aromatic N) is 2. The van der Waals surface area contributed by atoms with E-state index in [1.807, 2.05) is 0 Å². The fourth-order valence-corrected chi connectivity index (χ4v) is 3.84. The Hall–Kier alpha value is -2.84. The van der Waals surface area contributed by atoms with Crippen molar-refractivity contribution in [3.05, 3.63) is 65.4 Å². The highest BCUT2D eigenvalue weighted by Crippen LogP contribution is 2.29. The fraction of sp³-hybridized carbons (Fsp3) is 0.111. The number of ether oxygens (including phenoxy) is 1. The van der Waals surface area contributed by atoms with Crippen molar-refractivity contribution in [3.63, 3.8) is 0 Å². The Balaban J connectivity index is 1.98. The number of methoxy groups -OCH3 is 1. The van der Waals surface area contributed by atoms with E-state index in [0.29, 0.717) is 10.8 Å². The summed E-state index contributed by atoms with van der Waals surface area (Å²) in [7, 11) is -0.708. The average molecular weight is 406 g/mol. The highest BCUT2D eigenvalue weighted by molar-refractivity contribution is 7.91. The third kappa shape index (κ3) is 4.12. The number of carbonyl (C=O) groups excluding carboxylic acids is 1. The molecule has 3 rings (SSSR count). The minimum atomic E-state index is -3.82. The molecule has 0 bridgehead atoms. The summed E-state index contributed by atoms with van der Waals surface area (Å²) in [4.78, 5) is 12.4. The van der Waals surface area contributed by atoms with Crippen molar-refractivity contribution in [1.82, 2.24) is 9.78 Å². The number of hydrogen-bond acceptors (Lipinski definition) is 5. The molecular weight excluding hydrogens is 390 g/mol. The van der Waals surface area contributed by atoms with Crippen LogP contribution in [0, 0.1) is 0 Å². The molecule has 0 saturated carbocycles. The number of benzene rings is 2. The third-order valence-electron chi connectivity index (χ3n) is 3.75. The molecule has 1 heterocycles. The molecule has 0 aliphatic carbocycles. The molecule has 1 N–H and O–H groups in total. The summed E-state index contributed by atoms with van der Waals surface area (Å²) in [6.07, 6.45) is 1.64. The molecule has 1 aromatic heterocycles. The molecule has 0 fully saturated rings. The van der Waals surface area contributed by atoms with Crippen molar-refractivity contribution < 1.29 is 17.9 Å². The molecule has 2 aromatic carbocycles. The molecule has 0 saturated heterocycles. The van der Waals surface area contributed by atoms with Crippen LogP contribution in [0.2, 0.25) is 5.02 Å². The topological polar surface area (TPSA) is 90.3 Å². The van der Waals surface area contributed by atoms with Gasteiger partial charge in [0.25, 0.3) is 5.91 Å². The van der Waals surface area contributed by atoms with Crippen molar-refractivity contribution in [2.24, 2.45) is 7.05 Å². The molecule has 0 aliphatic rings. The van der Waals surface area contributed by atoms with Crippen LogP contribution in [0.3, 0.4) is 0 Å². The lowest BCUT2D eigenvalue weighted by molar-refractivity contribution is 0.102. The standard InChI is InChI=1S/C18H16ClN3O4S/c1-22-8-7-17(21-22)18(23)20-13-9-14(26-2)11-16(10-13)27(24,25)15-5-3-12(19)4-6-15/h3-11H,1-2H3,(H,20,23). The molecule has 140 valence electrons. The quantitative estimate of drug-likeness (QED) is 0.704. The number of aryl methyl sites for hydroxylation is 1. The van der Waals surface area contributed by atoms with Gasteiger partial charge in [0.05, 0.1) is 16.9 Å². The maximum atomic E-state index is 12.9. The second kappa shape index (κ2) is 7.42. The van der Waals surface area contributed by atoms with Gasteiger partial charge < -0.3 is 10.1 Å². The first-order chi connectivity index (χ1) is 12.8. The average Bonchev–Trinajstić information content (AvgIpc) is 3.08. The zero-order valence-electron chi connectivity index (χ0n) is 14.5. The molecule has 0 unspecified atom stereocenters. The Morgan fingerprint density at radius 3 is 2.41 bits per heavy atom. The molecular formula is C18H16ClN3O4S. The van der Waals surface area contributed by atoms with E-state index in [0.717, 1.165) is 0 Å². The van der Waals surface area contributed by atoms with Gasteiger partial charge in [-0.3, -0.25) is 9.48 Å². The molecule has 1 amide bonds. The highest BCUT2D eigenvalue weighted by Gasteiger charge is 2.20. The first kappa shape index (κ1) is 18.9. The number of anilines is 1. The van der Waals surface area contributed by atoms with Gasteiger partial charge in [-0.15, -0.1) is 0 Å². The van der Waals surface area contributed by atoms with E-state index in [2.05, 4.69) is 10.4 Å². The zero-order valence-corrected chi connectivity index (χ0v) is 16.1. The first-order valence-corrected chi connectivity index (χ1v) is 9.66. The van der Waals surface area contributed by atoms with Crippen LogP contribution in [0.4, 0.5) is 5.69 Å². The number of halogens is 1. The van der Waals surface area contributed by atoms with E-state index in [1.165, 1.54) is 54.3 Å². The summed E-state index contributed by atoms with van der Waals surface area (Å²) in [6, 6.07) is 11.7. The lowest BCUT2D eigenvalue weighted by Crippen LogP contribution is -2.14. The number of aromatic nitrogens is 2. The van der Waals surface area contributed by atoms with Gasteiger partial charge in [0.15, 0.2) is 5.69 Å². The molecule has 0 atom stereocenters. The SMILES string of the molecule is COc1cc(NC(=O)c2ccn(C)n2)cc(S(=O)(=O)c2ccc(Cl)cc2)c1. The van der Waals surface area contributed by atoms with Crippen LogP contribution in [0.15, 0.2) is 64.5 Å². The van der Waals surface area contributed by atoms with Gasteiger partial charge >= 0.3 is 0 Å². The van der Waals surface area contributed by atoms with Crippen LogP contribution >= 0.6 is 11.6 Å². The normalized spacial score (nSPS) is 11.2. The second-order valence-corrected chi connectivity index (χ2v) is 8.07. The van der Waals surface area contributed by atoms with E-state index in [4.69, 9.17) is 16.3 Å². The van der Waals surface area contributed by atoms with Crippen LogP contribution < -0.4 is 10.1 Å². The molecule has 27 heavy (non-hydrogen) atoms. The van der Waals surface area contributed by atoms with Crippen LogP contribution in [0.5, 0.6) is 5.75 Å². The Morgan fingerprint density at radius 2 is 1.81 bits per heavy atom. The number of amides is 1. The van der Waals surface area contributed by atoms with Crippen molar-refractivity contribution in [2.75, 3.05) is 12.4 Å². The van der Waals surface area contributed by atoms with Crippen molar-refractivity contribution in [2.45, 2.75) is 9.79 Å². The number of rotatable bonds is 5. The summed E-state index contributed by atoms with van der Waals surface area (Å²) in [5.74, 6) is -0.167. The van der Waals surface area contributed by atoms with Gasteiger partial charge in [0.1, 0.15) is 5.75 Å². The predicted molar refractivity (Wildman–Crippen MR) is 101 cm³/mol. The lowest BCUT2D eigenvalue weighted by Gasteiger charge is -2.11. The minimum Gasteiger partial charge on any atom is -0.497 e. The Bertz CT molecular complexity index is 1090. The number of carbonyl (C=O) groups is 1. The Morgan fingerprint density at radius 1 is 1.11 bits per heavy atom. The summed E-state index contributed by atoms with van der Waals surface area (Å²) in [6.45, 7) is 0. The molecule has 3 aromatic rings. The number of nitrogens with one attached hydrogen (secondary N) is 1. The van der Waals surface area contributed by atoms with E-state index in [-0.39, 0.29) is 21.2 Å². The van der Waals surface area contributed by atoms with Crippen molar-refractivity contribution in [1.29, 1.82) is 0 Å². The maximum Gasteiger partial charge on any atom is 0.276 e. The van der Waals surface area contributed by atoms with E-state index in [1.54, 1.807) is 19.3 Å². The first-order valence-electron chi connectivity index (χ1n) is 7.80. The van der Waals surface area contributed by atoms with Gasteiger partial charge in [-0.05, 0) is 42.5 Å². The van der Waals surface area contributed by atoms with Gasteiger partial charge in [-0.1, -0.05) is 11.6 Å². The summed E-state index contributed by atoms with van der Waals surface area (Å²) >= 11 is 5.83. The lowest BCUT2D eigenvalue weighted by atomic mass is 10.3. The van der Waals surface area contributed by atoms with Crippen LogP contribution in [-0.4, -0.2) is 31.2 Å². The van der Waals surface area contributed by atoms with Crippen LogP contribution in [0.1, 0.15) is 10.5 Å². The smallest absolute Gasteiger partial charge is 0.276 e. The van der Waals surface area contributed by atoms with Crippen molar-refractivity contribution in [3.8, 4) is 5.75 Å². The summed E-state index contributed by atoms with van der Waals surface area (Å²) in [5.41, 5.74) is 0.486. The second-order valence-electron chi connectivity index (χ2n) is 5.68. The highest BCUT2D eigenvalue weighted by atomic mass is 35.5. The van der Waals surface area contributed by atoms with Crippen LogP contribution in [0.25, 0.3) is 0 Å². The van der Waals surface area contributed by atoms with E-state index in [9.17, 15) is 13.2 Å². The van der Waals surface area contributed by atoms with Gasteiger partial charge in [0, 0.05) is 30.0 Å². The van der Waals surface area contributed by atoms with E-state index < -0.39 is 15.7 Å². The zero-order chi connectivity index (χ0) is 19.6. The van der Waals surface area contributed by atoms with Gasteiger partial charge in [-0.2, -0.15) is 5.10 Å². The fourth-order valence-electron chi connectivity index (χ4n) is 2.40. The molecule has 0 spiro atoms. The monoisotopic (exact) mass is 405 g/mol. The molecule has 0 radical (unpaired) electrons. The summed E-state index contributed by atoms with van der Waals surface area (Å²) in [5, 5.41) is 7.09. The molecule has 9 heteroatoms. The van der Waals surface area contributed by atoms with Crippen LogP contribution in [-0.2, 0) is 16.9 Å². The van der Waals surface area contributed by atoms with E-state index >= 15 is 0 Å².